The molecule has 1 aromatic carbocycles. The zero-order valence-corrected chi connectivity index (χ0v) is 12.7. The second kappa shape index (κ2) is 4.31. The summed E-state index contributed by atoms with van der Waals surface area (Å²) in [4.78, 5) is 0. The number of anilines is 1. The molecule has 4 aliphatic carbocycles. The Kier molecular flexibility index (Phi) is 2.47. The highest BCUT2D eigenvalue weighted by atomic mass is 15.6. The van der Waals surface area contributed by atoms with Gasteiger partial charge in [0, 0.05) is 0 Å². The van der Waals surface area contributed by atoms with Crippen molar-refractivity contribution in [2.24, 2.45) is 17.8 Å². The Labute approximate surface area is 130 Å². The summed E-state index contributed by atoms with van der Waals surface area (Å²) in [7, 11) is 0. The number of hydrogen-bond acceptors (Lipinski definition) is 3. The van der Waals surface area contributed by atoms with Gasteiger partial charge in [-0.15, -0.1) is 4.68 Å². The maximum atomic E-state index is 6.46. The average molecular weight is 296 g/mol. The van der Waals surface area contributed by atoms with Crippen LogP contribution in [0.3, 0.4) is 0 Å². The summed E-state index contributed by atoms with van der Waals surface area (Å²) in [6, 6.07) is 10.1. The van der Waals surface area contributed by atoms with E-state index in [0.29, 0.717) is 5.95 Å². The third-order valence-corrected chi connectivity index (χ3v) is 6.11. The number of tetrazole rings is 1. The zero-order valence-electron chi connectivity index (χ0n) is 12.7. The van der Waals surface area contributed by atoms with Gasteiger partial charge in [-0.25, -0.2) is 0 Å². The Hall–Kier alpha value is -1.91. The van der Waals surface area contributed by atoms with Crippen LogP contribution in [0.4, 0.5) is 5.95 Å². The van der Waals surface area contributed by atoms with Crippen molar-refractivity contribution in [3.05, 3.63) is 30.3 Å². The van der Waals surface area contributed by atoms with Crippen LogP contribution < -0.4 is 10.4 Å². The lowest BCUT2D eigenvalue weighted by Gasteiger charge is -2.54. The van der Waals surface area contributed by atoms with Gasteiger partial charge < -0.3 is 5.73 Å². The predicted octanol–water partition coefficient (Wildman–Crippen LogP) is 2.06. The van der Waals surface area contributed by atoms with Crippen LogP contribution in [0, 0.1) is 17.8 Å². The number of aromatic nitrogens is 4. The van der Waals surface area contributed by atoms with Gasteiger partial charge >= 0.3 is 5.95 Å². The van der Waals surface area contributed by atoms with E-state index in [1.807, 2.05) is 30.3 Å². The smallest absolute Gasteiger partial charge is 0.306 e. The highest BCUT2D eigenvalue weighted by molar-refractivity contribution is 5.34. The van der Waals surface area contributed by atoms with Crippen LogP contribution in [-0.4, -0.2) is 15.1 Å². The van der Waals surface area contributed by atoms with Gasteiger partial charge in [0.25, 0.3) is 0 Å². The van der Waals surface area contributed by atoms with E-state index >= 15 is 0 Å². The first-order chi connectivity index (χ1) is 10.7. The Morgan fingerprint density at radius 2 is 1.59 bits per heavy atom. The minimum atomic E-state index is 0.131. The van der Waals surface area contributed by atoms with Crippen LogP contribution in [-0.2, 0) is 5.54 Å². The summed E-state index contributed by atoms with van der Waals surface area (Å²) in [5, 5.41) is 8.83. The van der Waals surface area contributed by atoms with Crippen molar-refractivity contribution in [3.63, 3.8) is 0 Å². The van der Waals surface area contributed by atoms with E-state index in [9.17, 15) is 0 Å². The van der Waals surface area contributed by atoms with Crippen LogP contribution in [0.25, 0.3) is 5.69 Å². The molecule has 5 heteroatoms. The van der Waals surface area contributed by atoms with Crippen LogP contribution in [0.1, 0.15) is 38.5 Å². The molecular weight excluding hydrogens is 274 g/mol. The first kappa shape index (κ1) is 12.6. The van der Waals surface area contributed by atoms with Gasteiger partial charge in [-0.05, 0) is 68.4 Å². The molecule has 0 atom stereocenters. The van der Waals surface area contributed by atoms with E-state index in [4.69, 9.17) is 5.73 Å². The molecule has 0 radical (unpaired) electrons. The molecule has 4 fully saturated rings. The highest BCUT2D eigenvalue weighted by Gasteiger charge is 2.55. The van der Waals surface area contributed by atoms with E-state index in [2.05, 4.69) is 15.1 Å². The van der Waals surface area contributed by atoms with Crippen molar-refractivity contribution in [1.29, 1.82) is 0 Å². The van der Waals surface area contributed by atoms with Gasteiger partial charge in [-0.2, -0.15) is 0 Å². The fourth-order valence-electron chi connectivity index (χ4n) is 5.68. The van der Waals surface area contributed by atoms with Crippen molar-refractivity contribution in [2.75, 3.05) is 5.73 Å². The molecule has 0 unspecified atom stereocenters. The van der Waals surface area contributed by atoms with Crippen molar-refractivity contribution >= 4 is 5.95 Å². The molecule has 4 bridgehead atoms. The Bertz CT molecular complexity index is 670. The lowest BCUT2D eigenvalue weighted by Crippen LogP contribution is -2.66. The second-order valence-corrected chi connectivity index (χ2v) is 7.64. The van der Waals surface area contributed by atoms with E-state index < -0.39 is 0 Å². The van der Waals surface area contributed by atoms with Crippen LogP contribution in [0.2, 0.25) is 0 Å². The normalized spacial score (nSPS) is 35.9. The van der Waals surface area contributed by atoms with Crippen LogP contribution in [0.5, 0.6) is 0 Å². The van der Waals surface area contributed by atoms with Crippen molar-refractivity contribution in [1.82, 2.24) is 15.1 Å². The lowest BCUT2D eigenvalue weighted by molar-refractivity contribution is -0.814. The Morgan fingerprint density at radius 3 is 2.18 bits per heavy atom. The molecule has 114 valence electrons. The van der Waals surface area contributed by atoms with E-state index in [0.717, 1.165) is 23.4 Å². The molecular formula is C17H22N5+. The maximum Gasteiger partial charge on any atom is 0.368 e. The number of hydrogen-bond donors (Lipinski definition) is 1. The molecule has 4 aliphatic rings. The first-order valence-electron chi connectivity index (χ1n) is 8.43. The summed E-state index contributed by atoms with van der Waals surface area (Å²) in [5.41, 5.74) is 7.57. The molecule has 22 heavy (non-hydrogen) atoms. The molecule has 2 aromatic rings. The molecule has 5 nitrogen and oxygen atoms in total. The van der Waals surface area contributed by atoms with E-state index in [1.54, 1.807) is 4.68 Å². The minimum Gasteiger partial charge on any atom is -0.306 e. The molecule has 1 heterocycles. The van der Waals surface area contributed by atoms with Crippen molar-refractivity contribution in [3.8, 4) is 5.69 Å². The van der Waals surface area contributed by atoms with Gasteiger partial charge in [-0.1, -0.05) is 22.9 Å². The number of nitrogen functional groups attached to an aromatic ring is 1. The monoisotopic (exact) mass is 296 g/mol. The minimum absolute atomic E-state index is 0.131. The summed E-state index contributed by atoms with van der Waals surface area (Å²) >= 11 is 0. The van der Waals surface area contributed by atoms with Crippen LogP contribution in [0.15, 0.2) is 30.3 Å². The van der Waals surface area contributed by atoms with Gasteiger partial charge in [0.05, 0.1) is 5.21 Å². The largest absolute Gasteiger partial charge is 0.368 e. The summed E-state index contributed by atoms with van der Waals surface area (Å²) in [6.07, 6.45) is 7.98. The zero-order chi connectivity index (χ0) is 14.7. The van der Waals surface area contributed by atoms with E-state index in [1.165, 1.54) is 38.5 Å². The SMILES string of the molecule is Nc1n(-c2ccccc2)nn[n+]1C12CC3CC(CC(C3)C1)C2. The number of nitrogens with two attached hydrogens (primary N) is 1. The number of para-hydroxylation sites is 1. The third kappa shape index (κ3) is 1.68. The molecule has 0 amide bonds. The summed E-state index contributed by atoms with van der Waals surface area (Å²) in [5.74, 6) is 3.30. The maximum absolute atomic E-state index is 6.46. The van der Waals surface area contributed by atoms with Crippen LogP contribution >= 0.6 is 0 Å². The molecule has 0 spiro atoms. The molecule has 1 aromatic heterocycles. The molecule has 4 saturated carbocycles. The average Bonchev–Trinajstić information content (AvgIpc) is 2.89. The molecule has 0 saturated heterocycles. The fraction of sp³-hybridized carbons (Fsp3) is 0.588. The topological polar surface area (TPSA) is 60.6 Å². The lowest BCUT2D eigenvalue weighted by atomic mass is 9.53. The molecule has 0 aliphatic heterocycles. The molecule has 6 rings (SSSR count). The number of nitrogens with zero attached hydrogens (tertiary/aromatic N) is 4. The van der Waals surface area contributed by atoms with E-state index in [-0.39, 0.29) is 5.54 Å². The van der Waals surface area contributed by atoms with Gasteiger partial charge in [0.2, 0.25) is 0 Å². The third-order valence-electron chi connectivity index (χ3n) is 6.11. The van der Waals surface area contributed by atoms with Gasteiger partial charge in [0.1, 0.15) is 16.4 Å². The second-order valence-electron chi connectivity index (χ2n) is 7.64. The van der Waals surface area contributed by atoms with Crippen molar-refractivity contribution < 1.29 is 4.68 Å². The number of rotatable bonds is 2. The summed E-state index contributed by atoms with van der Waals surface area (Å²) < 4.78 is 3.84. The predicted molar refractivity (Wildman–Crippen MR) is 82.1 cm³/mol. The Balaban J connectivity index is 1.58. The molecule has 2 N–H and O–H groups in total. The van der Waals surface area contributed by atoms with Crippen molar-refractivity contribution in [2.45, 2.75) is 44.1 Å². The van der Waals surface area contributed by atoms with Gasteiger partial charge in [0.15, 0.2) is 0 Å². The number of benzene rings is 1. The quantitative estimate of drug-likeness (QED) is 0.863. The summed E-state index contributed by atoms with van der Waals surface area (Å²) in [6.45, 7) is 0. The standard InChI is InChI=1S/C17H21N5/c18-16-21(15-4-2-1-3-5-15)19-20-22(16)17-9-12-6-13(10-17)8-14(7-12)11-17/h1-5,12-14,18H,6-11H2/p+1. The fourth-order valence-corrected chi connectivity index (χ4v) is 5.68. The first-order valence-corrected chi connectivity index (χ1v) is 8.43. The van der Waals surface area contributed by atoms with Gasteiger partial charge in [-0.3, -0.25) is 0 Å². The Morgan fingerprint density at radius 1 is 1.00 bits per heavy atom. The highest BCUT2D eigenvalue weighted by Crippen LogP contribution is 2.56.